The van der Waals surface area contributed by atoms with Crippen LogP contribution in [0, 0.1) is 10.1 Å². The van der Waals surface area contributed by atoms with Gasteiger partial charge in [0, 0.05) is 5.69 Å². The molecule has 0 atom stereocenters. The van der Waals surface area contributed by atoms with Crippen LogP contribution in [0.5, 0.6) is 0 Å². The number of rotatable bonds is 5. The molecule has 0 aliphatic rings. The number of thiazole rings is 1. The zero-order valence-electron chi connectivity index (χ0n) is 11.0. The molecule has 0 radical (unpaired) electrons. The summed E-state index contributed by atoms with van der Waals surface area (Å²) in [6, 6.07) is 8.86. The molecule has 0 bridgehead atoms. The van der Waals surface area contributed by atoms with Crippen LogP contribution in [0.4, 0.5) is 11.6 Å². The van der Waals surface area contributed by atoms with Crippen molar-refractivity contribution in [3.8, 4) is 0 Å². The van der Waals surface area contributed by atoms with Gasteiger partial charge in [-0.3, -0.25) is 10.1 Å². The van der Waals surface area contributed by atoms with Gasteiger partial charge in [-0.05, 0) is 30.5 Å². The van der Waals surface area contributed by atoms with Crippen LogP contribution in [0.3, 0.4) is 0 Å². The molecule has 0 amide bonds. The molecule has 1 N–H and O–H groups in total. The van der Waals surface area contributed by atoms with Crippen molar-refractivity contribution >= 4 is 44.9 Å². The second kappa shape index (κ2) is 5.74. The zero-order chi connectivity index (χ0) is 14.8. The highest BCUT2D eigenvalue weighted by atomic mass is 32.2. The number of aromatic nitrogens is 1. The van der Waals surface area contributed by atoms with Gasteiger partial charge in [0.2, 0.25) is 0 Å². The third-order valence-electron chi connectivity index (χ3n) is 2.84. The van der Waals surface area contributed by atoms with Crippen LogP contribution in [0.1, 0.15) is 5.76 Å². The fourth-order valence-electron chi connectivity index (χ4n) is 1.85. The Kier molecular flexibility index (Phi) is 3.80. The number of thioether (sulfide) groups is 1. The third-order valence-corrected chi connectivity index (χ3v) is 4.84. The maximum absolute atomic E-state index is 10.5. The van der Waals surface area contributed by atoms with E-state index in [1.165, 1.54) is 6.07 Å². The molecule has 0 saturated carbocycles. The molecule has 0 saturated heterocycles. The van der Waals surface area contributed by atoms with Crippen LogP contribution in [-0.4, -0.2) is 16.2 Å². The van der Waals surface area contributed by atoms with Gasteiger partial charge in [0.25, 0.3) is 0 Å². The minimum Gasteiger partial charge on any atom is -0.404 e. The van der Waals surface area contributed by atoms with Crippen LogP contribution in [0.2, 0.25) is 0 Å². The first-order valence-corrected chi connectivity index (χ1v) is 8.11. The highest BCUT2D eigenvalue weighted by Crippen LogP contribution is 2.30. The molecule has 21 heavy (non-hydrogen) atoms. The first-order valence-electron chi connectivity index (χ1n) is 6.07. The molecule has 0 fully saturated rings. The molecule has 1 aromatic carbocycles. The van der Waals surface area contributed by atoms with Gasteiger partial charge in [0.15, 0.2) is 4.34 Å². The van der Waals surface area contributed by atoms with Gasteiger partial charge in [0.05, 0.1) is 22.8 Å². The van der Waals surface area contributed by atoms with E-state index in [0.717, 1.165) is 20.2 Å². The van der Waals surface area contributed by atoms with Crippen molar-refractivity contribution in [1.29, 1.82) is 0 Å². The predicted molar refractivity (Wildman–Crippen MR) is 84.1 cm³/mol. The van der Waals surface area contributed by atoms with Gasteiger partial charge in [-0.25, -0.2) is 4.98 Å². The van der Waals surface area contributed by atoms with Crippen LogP contribution in [-0.2, 0) is 6.54 Å². The van der Waals surface area contributed by atoms with Gasteiger partial charge in [-0.1, -0.05) is 11.8 Å². The Labute approximate surface area is 128 Å². The van der Waals surface area contributed by atoms with Crippen LogP contribution < -0.4 is 5.32 Å². The Morgan fingerprint density at radius 1 is 1.43 bits per heavy atom. The quantitative estimate of drug-likeness (QED) is 0.432. The molecular weight excluding hydrogens is 310 g/mol. The zero-order valence-corrected chi connectivity index (χ0v) is 12.7. The van der Waals surface area contributed by atoms with E-state index < -0.39 is 4.92 Å². The van der Waals surface area contributed by atoms with Gasteiger partial charge < -0.3 is 9.73 Å². The molecule has 0 aliphatic carbocycles. The fraction of sp³-hybridized carbons (Fsp3) is 0.154. The molecule has 6 nitrogen and oxygen atoms in total. The van der Waals surface area contributed by atoms with E-state index in [9.17, 15) is 10.1 Å². The average molecular weight is 321 g/mol. The molecule has 3 aromatic rings. The summed E-state index contributed by atoms with van der Waals surface area (Å²) in [6.07, 6.45) is 2.00. The largest absolute Gasteiger partial charge is 0.433 e. The molecule has 8 heteroatoms. The van der Waals surface area contributed by atoms with E-state index in [1.54, 1.807) is 29.2 Å². The molecule has 0 unspecified atom stereocenters. The van der Waals surface area contributed by atoms with E-state index in [1.807, 2.05) is 24.5 Å². The number of fused-ring (bicyclic) bond motifs is 1. The van der Waals surface area contributed by atoms with Gasteiger partial charge in [0.1, 0.15) is 10.7 Å². The molecule has 3 rings (SSSR count). The first kappa shape index (κ1) is 13.9. The van der Waals surface area contributed by atoms with Crippen molar-refractivity contribution in [3.05, 3.63) is 46.2 Å². The van der Waals surface area contributed by atoms with Crippen LogP contribution >= 0.6 is 23.1 Å². The van der Waals surface area contributed by atoms with Gasteiger partial charge in [-0.15, -0.1) is 11.3 Å². The van der Waals surface area contributed by atoms with E-state index in [-0.39, 0.29) is 5.88 Å². The Balaban J connectivity index is 1.73. The van der Waals surface area contributed by atoms with Crippen molar-refractivity contribution < 1.29 is 9.34 Å². The maximum atomic E-state index is 10.5. The second-order valence-corrected chi connectivity index (χ2v) is 6.30. The third kappa shape index (κ3) is 3.01. The molecule has 2 heterocycles. The fourth-order valence-corrected chi connectivity index (χ4v) is 3.38. The maximum Gasteiger partial charge on any atom is 0.433 e. The Bertz CT molecular complexity index is 797. The Morgan fingerprint density at radius 2 is 2.29 bits per heavy atom. The standard InChI is InChI=1S/C13H11N3O3S2/c1-20-13-15-10-4-2-8(6-11(10)21-13)14-7-9-3-5-12(19-9)16(17)18/h2-6,14H,7H2,1H3. The lowest BCUT2D eigenvalue weighted by molar-refractivity contribution is -0.402. The summed E-state index contributed by atoms with van der Waals surface area (Å²) in [4.78, 5) is 14.5. The number of nitrogens with zero attached hydrogens (tertiary/aromatic N) is 2. The lowest BCUT2D eigenvalue weighted by Crippen LogP contribution is -1.97. The highest BCUT2D eigenvalue weighted by molar-refractivity contribution is 8.00. The number of hydrogen-bond acceptors (Lipinski definition) is 7. The smallest absolute Gasteiger partial charge is 0.404 e. The lowest BCUT2D eigenvalue weighted by Gasteiger charge is -2.03. The summed E-state index contributed by atoms with van der Waals surface area (Å²) in [6.45, 7) is 0.396. The summed E-state index contributed by atoms with van der Waals surface area (Å²) in [5.41, 5.74) is 1.90. The minimum atomic E-state index is -0.545. The predicted octanol–water partition coefficient (Wildman–Crippen LogP) is 4.13. The molecule has 0 spiro atoms. The number of hydrogen-bond donors (Lipinski definition) is 1. The van der Waals surface area contributed by atoms with E-state index >= 15 is 0 Å². The van der Waals surface area contributed by atoms with Crippen molar-refractivity contribution in [2.45, 2.75) is 10.9 Å². The number of nitrogens with one attached hydrogen (secondary N) is 1. The first-order chi connectivity index (χ1) is 10.2. The highest BCUT2D eigenvalue weighted by Gasteiger charge is 2.11. The SMILES string of the molecule is CSc1nc2ccc(NCc3ccc([N+](=O)[O-])o3)cc2s1. The number of nitro groups is 1. The molecular formula is C13H11N3O3S2. The van der Waals surface area contributed by atoms with Crippen molar-refractivity contribution in [2.75, 3.05) is 11.6 Å². The van der Waals surface area contributed by atoms with Crippen molar-refractivity contribution in [1.82, 2.24) is 4.98 Å². The minimum absolute atomic E-state index is 0.241. The van der Waals surface area contributed by atoms with Crippen LogP contribution in [0.25, 0.3) is 10.2 Å². The number of furan rings is 1. The van der Waals surface area contributed by atoms with Crippen molar-refractivity contribution in [3.63, 3.8) is 0 Å². The van der Waals surface area contributed by atoms with Crippen molar-refractivity contribution in [2.24, 2.45) is 0 Å². The van der Waals surface area contributed by atoms with Gasteiger partial charge in [-0.2, -0.15) is 0 Å². The summed E-state index contributed by atoms with van der Waals surface area (Å²) >= 11 is 3.26. The summed E-state index contributed by atoms with van der Waals surface area (Å²) < 4.78 is 7.24. The molecule has 0 aliphatic heterocycles. The topological polar surface area (TPSA) is 81.2 Å². The van der Waals surface area contributed by atoms with Gasteiger partial charge >= 0.3 is 5.88 Å². The number of benzene rings is 1. The summed E-state index contributed by atoms with van der Waals surface area (Å²) in [5.74, 6) is 0.283. The molecule has 108 valence electrons. The van der Waals surface area contributed by atoms with Crippen LogP contribution in [0.15, 0.2) is 39.1 Å². The second-order valence-electron chi connectivity index (χ2n) is 4.22. The Morgan fingerprint density at radius 3 is 3.00 bits per heavy atom. The summed E-state index contributed by atoms with van der Waals surface area (Å²) in [5, 5.41) is 13.7. The average Bonchev–Trinajstić information content (AvgIpc) is 3.10. The number of anilines is 1. The molecule has 2 aromatic heterocycles. The normalized spacial score (nSPS) is 10.9. The monoisotopic (exact) mass is 321 g/mol. The Hall–Kier alpha value is -2.06. The van der Waals surface area contributed by atoms with E-state index in [4.69, 9.17) is 4.42 Å². The lowest BCUT2D eigenvalue weighted by atomic mass is 10.3. The van der Waals surface area contributed by atoms with E-state index in [0.29, 0.717) is 12.3 Å². The summed E-state index contributed by atoms with van der Waals surface area (Å²) in [7, 11) is 0. The van der Waals surface area contributed by atoms with E-state index in [2.05, 4.69) is 10.3 Å².